The molecular formula is C9H14N6O. The zero-order valence-electron chi connectivity index (χ0n) is 8.89. The van der Waals surface area contributed by atoms with E-state index in [-0.39, 0.29) is 11.7 Å². The largest absolute Gasteiger partial charge is 0.334 e. The minimum atomic E-state index is -0.122. The Hall–Kier alpha value is -1.50. The molecule has 7 heteroatoms. The second-order valence-corrected chi connectivity index (χ2v) is 4.41. The SMILES string of the molecule is O=C(c1nn[nH]n1)N1CCC2CCC(C1)N2. The van der Waals surface area contributed by atoms with Crippen molar-refractivity contribution in [3.8, 4) is 0 Å². The number of carbonyl (C=O) groups excluding carboxylic acids is 1. The number of nitrogens with zero attached hydrogens (tertiary/aromatic N) is 4. The van der Waals surface area contributed by atoms with Crippen molar-refractivity contribution >= 4 is 5.91 Å². The smallest absolute Gasteiger partial charge is 0.295 e. The number of aromatic amines is 1. The predicted molar refractivity (Wildman–Crippen MR) is 54.6 cm³/mol. The van der Waals surface area contributed by atoms with Crippen LogP contribution in [0, 0.1) is 0 Å². The summed E-state index contributed by atoms with van der Waals surface area (Å²) < 4.78 is 0. The highest BCUT2D eigenvalue weighted by Gasteiger charge is 2.32. The number of amides is 1. The van der Waals surface area contributed by atoms with Crippen LogP contribution in [0.1, 0.15) is 29.9 Å². The molecule has 2 atom stereocenters. The molecule has 2 unspecified atom stereocenters. The van der Waals surface area contributed by atoms with E-state index in [1.54, 1.807) is 0 Å². The summed E-state index contributed by atoms with van der Waals surface area (Å²) in [7, 11) is 0. The van der Waals surface area contributed by atoms with Crippen molar-refractivity contribution in [2.45, 2.75) is 31.3 Å². The van der Waals surface area contributed by atoms with E-state index in [1.807, 2.05) is 4.90 Å². The molecular weight excluding hydrogens is 208 g/mol. The number of hydrogen-bond donors (Lipinski definition) is 2. The zero-order valence-corrected chi connectivity index (χ0v) is 8.89. The lowest BCUT2D eigenvalue weighted by molar-refractivity contribution is 0.0736. The second kappa shape index (κ2) is 3.82. The Morgan fingerprint density at radius 3 is 3.00 bits per heavy atom. The lowest BCUT2D eigenvalue weighted by atomic mass is 10.1. The molecule has 2 bridgehead atoms. The molecule has 0 saturated carbocycles. The average molecular weight is 222 g/mol. The van der Waals surface area contributed by atoms with Crippen molar-refractivity contribution in [2.75, 3.05) is 13.1 Å². The summed E-state index contributed by atoms with van der Waals surface area (Å²) in [5.41, 5.74) is 0. The summed E-state index contributed by atoms with van der Waals surface area (Å²) in [6, 6.07) is 1.01. The first-order chi connectivity index (χ1) is 7.83. The number of nitrogens with one attached hydrogen (secondary N) is 2. The van der Waals surface area contributed by atoms with E-state index in [1.165, 1.54) is 6.42 Å². The highest BCUT2D eigenvalue weighted by atomic mass is 16.2. The Labute approximate surface area is 92.6 Å². The quantitative estimate of drug-likeness (QED) is 0.647. The Bertz CT molecular complexity index is 377. The van der Waals surface area contributed by atoms with Gasteiger partial charge in [-0.05, 0) is 24.5 Å². The molecule has 7 nitrogen and oxygen atoms in total. The normalized spacial score (nSPS) is 29.1. The molecule has 2 aliphatic heterocycles. The minimum absolute atomic E-state index is 0.122. The summed E-state index contributed by atoms with van der Waals surface area (Å²) >= 11 is 0. The molecule has 1 aromatic heterocycles. The third kappa shape index (κ3) is 1.67. The maximum absolute atomic E-state index is 12.0. The van der Waals surface area contributed by atoms with Crippen molar-refractivity contribution < 1.29 is 4.79 Å². The van der Waals surface area contributed by atoms with Gasteiger partial charge in [-0.2, -0.15) is 5.21 Å². The second-order valence-electron chi connectivity index (χ2n) is 4.41. The zero-order chi connectivity index (χ0) is 11.0. The van der Waals surface area contributed by atoms with Gasteiger partial charge in [0.05, 0.1) is 0 Å². The Balaban J connectivity index is 1.73. The molecule has 1 amide bonds. The van der Waals surface area contributed by atoms with Crippen LogP contribution in [0.25, 0.3) is 0 Å². The first-order valence-corrected chi connectivity index (χ1v) is 5.61. The van der Waals surface area contributed by atoms with Crippen molar-refractivity contribution in [3.63, 3.8) is 0 Å². The summed E-state index contributed by atoms with van der Waals surface area (Å²) in [5.74, 6) is 0.0425. The maximum atomic E-state index is 12.0. The van der Waals surface area contributed by atoms with Gasteiger partial charge in [0.1, 0.15) is 0 Å². The van der Waals surface area contributed by atoms with Crippen LogP contribution in [0.4, 0.5) is 0 Å². The van der Waals surface area contributed by atoms with Gasteiger partial charge in [0.15, 0.2) is 0 Å². The van der Waals surface area contributed by atoms with Crippen LogP contribution in [0.3, 0.4) is 0 Å². The lowest BCUT2D eigenvalue weighted by Crippen LogP contribution is -2.39. The van der Waals surface area contributed by atoms with Crippen LogP contribution in [0.15, 0.2) is 0 Å². The van der Waals surface area contributed by atoms with E-state index in [0.717, 1.165) is 25.9 Å². The van der Waals surface area contributed by atoms with Crippen LogP contribution >= 0.6 is 0 Å². The lowest BCUT2D eigenvalue weighted by Gasteiger charge is -2.22. The van der Waals surface area contributed by atoms with Gasteiger partial charge < -0.3 is 10.2 Å². The van der Waals surface area contributed by atoms with Gasteiger partial charge in [0.25, 0.3) is 11.7 Å². The maximum Gasteiger partial charge on any atom is 0.295 e. The number of aromatic nitrogens is 4. The molecule has 1 aromatic rings. The molecule has 0 radical (unpaired) electrons. The fraction of sp³-hybridized carbons (Fsp3) is 0.778. The van der Waals surface area contributed by atoms with Crippen molar-refractivity contribution in [1.29, 1.82) is 0 Å². The Morgan fingerprint density at radius 2 is 2.19 bits per heavy atom. The molecule has 0 aliphatic carbocycles. The van der Waals surface area contributed by atoms with Gasteiger partial charge in [-0.3, -0.25) is 4.79 Å². The van der Waals surface area contributed by atoms with Gasteiger partial charge in [-0.1, -0.05) is 0 Å². The third-order valence-corrected chi connectivity index (χ3v) is 3.35. The average Bonchev–Trinajstić information content (AvgIpc) is 2.87. The molecule has 2 saturated heterocycles. The van der Waals surface area contributed by atoms with Gasteiger partial charge in [-0.25, -0.2) is 0 Å². The molecule has 3 rings (SSSR count). The molecule has 16 heavy (non-hydrogen) atoms. The first-order valence-electron chi connectivity index (χ1n) is 5.61. The van der Waals surface area contributed by atoms with Crippen LogP contribution in [0.2, 0.25) is 0 Å². The number of likely N-dealkylation sites (tertiary alicyclic amines) is 1. The molecule has 0 aromatic carbocycles. The van der Waals surface area contributed by atoms with E-state index in [9.17, 15) is 4.79 Å². The molecule has 0 spiro atoms. The third-order valence-electron chi connectivity index (χ3n) is 3.35. The Kier molecular flexibility index (Phi) is 2.32. The summed E-state index contributed by atoms with van der Waals surface area (Å²) in [6.07, 6.45) is 3.40. The van der Waals surface area contributed by atoms with Crippen LogP contribution < -0.4 is 5.32 Å². The monoisotopic (exact) mass is 222 g/mol. The molecule has 2 aliphatic rings. The predicted octanol–water partition coefficient (Wildman–Crippen LogP) is -0.834. The van der Waals surface area contributed by atoms with Crippen LogP contribution in [-0.2, 0) is 0 Å². The number of rotatable bonds is 1. The fourth-order valence-electron chi connectivity index (χ4n) is 2.52. The summed E-state index contributed by atoms with van der Waals surface area (Å²) in [6.45, 7) is 1.53. The van der Waals surface area contributed by atoms with Crippen molar-refractivity contribution in [1.82, 2.24) is 30.8 Å². The Morgan fingerprint density at radius 1 is 1.31 bits per heavy atom. The number of hydrogen-bond acceptors (Lipinski definition) is 5. The minimum Gasteiger partial charge on any atom is -0.334 e. The number of H-pyrrole nitrogens is 1. The van der Waals surface area contributed by atoms with E-state index >= 15 is 0 Å². The number of tetrazole rings is 1. The standard InChI is InChI=1S/C9H14N6O/c16-9(8-11-13-14-12-8)15-4-3-6-1-2-7(5-15)10-6/h6-7,10H,1-5H2,(H,11,12,13,14). The molecule has 2 N–H and O–H groups in total. The summed E-state index contributed by atoms with van der Waals surface area (Å²) in [4.78, 5) is 13.8. The van der Waals surface area contributed by atoms with Gasteiger partial charge in [-0.15, -0.1) is 10.2 Å². The van der Waals surface area contributed by atoms with Crippen molar-refractivity contribution in [3.05, 3.63) is 5.82 Å². The highest BCUT2D eigenvalue weighted by Crippen LogP contribution is 2.20. The van der Waals surface area contributed by atoms with E-state index in [0.29, 0.717) is 12.1 Å². The van der Waals surface area contributed by atoms with E-state index in [2.05, 4.69) is 25.9 Å². The molecule has 2 fully saturated rings. The van der Waals surface area contributed by atoms with Gasteiger partial charge in [0, 0.05) is 25.2 Å². The molecule has 3 heterocycles. The van der Waals surface area contributed by atoms with E-state index in [4.69, 9.17) is 0 Å². The van der Waals surface area contributed by atoms with Crippen molar-refractivity contribution in [2.24, 2.45) is 0 Å². The number of carbonyl (C=O) groups is 1. The number of fused-ring (bicyclic) bond motifs is 2. The van der Waals surface area contributed by atoms with Gasteiger partial charge in [0.2, 0.25) is 0 Å². The first kappa shape index (κ1) is 9.71. The fourth-order valence-corrected chi connectivity index (χ4v) is 2.52. The highest BCUT2D eigenvalue weighted by molar-refractivity contribution is 5.90. The molecule has 86 valence electrons. The van der Waals surface area contributed by atoms with Crippen LogP contribution in [-0.4, -0.2) is 56.6 Å². The topological polar surface area (TPSA) is 86.8 Å². The van der Waals surface area contributed by atoms with E-state index < -0.39 is 0 Å². The van der Waals surface area contributed by atoms with Crippen LogP contribution in [0.5, 0.6) is 0 Å². The van der Waals surface area contributed by atoms with Gasteiger partial charge >= 0.3 is 0 Å². The summed E-state index contributed by atoms with van der Waals surface area (Å²) in [5, 5.41) is 16.7.